The number of pyridine rings is 1. The number of fused-ring (bicyclic) bond motifs is 18. The van der Waals surface area contributed by atoms with Crippen LogP contribution in [0.5, 0.6) is 0 Å². The molecule has 9 heterocycles. The van der Waals surface area contributed by atoms with E-state index in [1.165, 1.54) is 32.5 Å². The molecule has 24 aromatic rings. The summed E-state index contributed by atoms with van der Waals surface area (Å²) in [4.78, 5) is 27.8. The molecule has 11 nitrogen and oxygen atoms in total. The Labute approximate surface area is 671 Å². The Hall–Kier alpha value is -15.6. The fourth-order valence-electron chi connectivity index (χ4n) is 18.8. The van der Waals surface area contributed by atoms with Crippen LogP contribution in [0.1, 0.15) is 16.7 Å². The normalized spacial score (nSPS) is 12.1. The number of benzene rings is 15. The van der Waals surface area contributed by atoms with Crippen molar-refractivity contribution in [3.8, 4) is 91.1 Å². The van der Waals surface area contributed by atoms with E-state index in [9.17, 15) is 0 Å². The van der Waals surface area contributed by atoms with Gasteiger partial charge in [0.05, 0.1) is 83.3 Å². The average Bonchev–Trinajstić information content (AvgIpc) is 1.59. The summed E-state index contributed by atoms with van der Waals surface area (Å²) in [5.74, 6) is 4.43. The number of rotatable bonds is 11. The van der Waals surface area contributed by atoms with Gasteiger partial charge in [-0.05, 0) is 164 Å². The van der Waals surface area contributed by atoms with Crippen LogP contribution in [0.4, 0.5) is 0 Å². The standard InChI is InChI=1S/C106H69N11/c1-64-23-20-26-71(53-64)87-60-74(61-101(107-87)113-90-38-13-4-29-75(90)76-30-5-14-39-91(76)113)112-89-37-12-8-33-79(89)83-56-67(45-49-97(83)112)70-48-52-100-86(59-70)82-36-11-19-44-96(82)117(100)106-108-88(72-27-21-24-65(2)54-72)62-102(111-106)115-94-42-17-9-34-80(94)84-57-68(46-50-98(84)115)69-47-51-99-85(58-69)81-35-10-18-43-95(81)116(99)104-63-103(109-105(110-104)73-28-22-25-66(3)55-73)114-92-40-15-6-31-77(92)78-32-7-16-41-93(78)114/h4-63H,1-3H3. The van der Waals surface area contributed by atoms with Gasteiger partial charge in [-0.2, -0.15) is 4.98 Å². The summed E-state index contributed by atoms with van der Waals surface area (Å²) in [5.41, 5.74) is 26.5. The predicted molar refractivity (Wildman–Crippen MR) is 483 cm³/mol. The number of hydrogen-bond donors (Lipinski definition) is 0. The summed E-state index contributed by atoms with van der Waals surface area (Å²) >= 11 is 0. The van der Waals surface area contributed by atoms with Crippen LogP contribution < -0.4 is 0 Å². The van der Waals surface area contributed by atoms with E-state index in [-0.39, 0.29) is 0 Å². The summed E-state index contributed by atoms with van der Waals surface area (Å²) in [7, 11) is 0. The first-order valence-electron chi connectivity index (χ1n) is 39.9. The minimum Gasteiger partial charge on any atom is -0.309 e. The number of para-hydroxylation sites is 8. The first-order valence-corrected chi connectivity index (χ1v) is 39.9. The van der Waals surface area contributed by atoms with Crippen molar-refractivity contribution in [2.24, 2.45) is 0 Å². The van der Waals surface area contributed by atoms with Gasteiger partial charge in [0, 0.05) is 99.5 Å². The maximum Gasteiger partial charge on any atom is 0.237 e. The third-order valence-corrected chi connectivity index (χ3v) is 24.0. The first-order chi connectivity index (χ1) is 57.7. The SMILES string of the molecule is Cc1cccc(-c2cc(-n3c4ccccc4c4cc(-c5ccc6c(c5)c5ccccc5n6-c5nc(-c6cccc(C)c6)cc(-n6c7ccccc7c7cc(-c8ccc9c(c8)c8ccccc8n9-c8cc(-n9c%10ccccc%10c%10ccccc%109)nc(-c9cccc(C)c9)n8)ccc76)n5)ccc43)cc(-n3c4ccccc4c4ccccc43)n2)c1. The second-order valence-corrected chi connectivity index (χ2v) is 31.1. The summed E-state index contributed by atoms with van der Waals surface area (Å²) in [6, 6.07) is 132. The topological polar surface area (TPSA) is 94.0 Å². The Kier molecular flexibility index (Phi) is 14.5. The van der Waals surface area contributed by atoms with Crippen molar-refractivity contribution < 1.29 is 0 Å². The third-order valence-electron chi connectivity index (χ3n) is 24.0. The van der Waals surface area contributed by atoms with E-state index in [2.05, 4.69) is 412 Å². The van der Waals surface area contributed by atoms with Gasteiger partial charge >= 0.3 is 0 Å². The van der Waals surface area contributed by atoms with Gasteiger partial charge in [0.2, 0.25) is 5.95 Å². The lowest BCUT2D eigenvalue weighted by Crippen LogP contribution is -2.07. The minimum atomic E-state index is 0.575. The third kappa shape index (κ3) is 10.4. The molecule has 0 fully saturated rings. The summed E-state index contributed by atoms with van der Waals surface area (Å²) < 4.78 is 14.0. The highest BCUT2D eigenvalue weighted by Crippen LogP contribution is 2.45. The molecule has 9 aromatic heterocycles. The highest BCUT2D eigenvalue weighted by molar-refractivity contribution is 6.16. The molecule has 548 valence electrons. The monoisotopic (exact) mass is 1500 g/mol. The van der Waals surface area contributed by atoms with E-state index in [1.54, 1.807) is 0 Å². The molecule has 15 aromatic carbocycles. The van der Waals surface area contributed by atoms with Gasteiger partial charge in [0.15, 0.2) is 5.82 Å². The molecule has 0 bridgehead atoms. The molecule has 0 aliphatic heterocycles. The Bertz CT molecular complexity index is 7770. The van der Waals surface area contributed by atoms with Crippen molar-refractivity contribution >= 4 is 131 Å². The lowest BCUT2D eigenvalue weighted by atomic mass is 10.0. The summed E-state index contributed by atoms with van der Waals surface area (Å²) in [5, 5.41) is 13.8. The van der Waals surface area contributed by atoms with E-state index < -0.39 is 0 Å². The molecular formula is C106H69N11. The Morgan fingerprint density at radius 2 is 0.453 bits per heavy atom. The zero-order valence-corrected chi connectivity index (χ0v) is 64.1. The fraction of sp³-hybridized carbons (Fsp3) is 0.0283. The van der Waals surface area contributed by atoms with E-state index >= 15 is 0 Å². The lowest BCUT2D eigenvalue weighted by molar-refractivity contribution is 0.952. The molecule has 0 aliphatic carbocycles. The number of hydrogen-bond acceptors (Lipinski definition) is 5. The lowest BCUT2D eigenvalue weighted by Gasteiger charge is -2.15. The van der Waals surface area contributed by atoms with Crippen molar-refractivity contribution in [2.45, 2.75) is 20.8 Å². The zero-order valence-electron chi connectivity index (χ0n) is 64.1. The van der Waals surface area contributed by atoms with E-state index in [4.69, 9.17) is 24.9 Å². The van der Waals surface area contributed by atoms with Crippen LogP contribution in [0.2, 0.25) is 0 Å². The van der Waals surface area contributed by atoms with Crippen LogP contribution in [0.25, 0.3) is 222 Å². The van der Waals surface area contributed by atoms with E-state index in [1.807, 2.05) is 0 Å². The Balaban J connectivity index is 0.631. The summed E-state index contributed by atoms with van der Waals surface area (Å²) in [6.07, 6.45) is 0. The van der Waals surface area contributed by atoms with Gasteiger partial charge in [-0.3, -0.25) is 22.8 Å². The van der Waals surface area contributed by atoms with Crippen molar-refractivity contribution in [3.05, 3.63) is 381 Å². The van der Waals surface area contributed by atoms with Crippen LogP contribution >= 0.6 is 0 Å². The maximum atomic E-state index is 5.75. The molecule has 0 spiro atoms. The maximum absolute atomic E-state index is 5.75. The number of aromatic nitrogens is 11. The molecule has 0 radical (unpaired) electrons. The highest BCUT2D eigenvalue weighted by atomic mass is 15.2. The van der Waals surface area contributed by atoms with Gasteiger partial charge in [-0.25, -0.2) is 19.9 Å². The van der Waals surface area contributed by atoms with Crippen molar-refractivity contribution in [2.75, 3.05) is 0 Å². The molecule has 0 saturated carbocycles. The molecule has 0 saturated heterocycles. The van der Waals surface area contributed by atoms with Crippen molar-refractivity contribution in [1.82, 2.24) is 52.3 Å². The minimum absolute atomic E-state index is 0.575. The second kappa shape index (κ2) is 25.7. The molecular weight excluding hydrogens is 1430 g/mol. The largest absolute Gasteiger partial charge is 0.309 e. The molecule has 0 unspecified atom stereocenters. The van der Waals surface area contributed by atoms with Crippen LogP contribution in [-0.4, -0.2) is 52.3 Å². The smallest absolute Gasteiger partial charge is 0.237 e. The molecule has 0 atom stereocenters. The van der Waals surface area contributed by atoms with Crippen molar-refractivity contribution in [1.29, 1.82) is 0 Å². The Morgan fingerprint density at radius 3 is 0.829 bits per heavy atom. The Morgan fingerprint density at radius 1 is 0.171 bits per heavy atom. The van der Waals surface area contributed by atoms with Crippen LogP contribution in [0, 0.1) is 20.8 Å². The number of nitrogens with zero attached hydrogens (tertiary/aromatic N) is 11. The van der Waals surface area contributed by atoms with Gasteiger partial charge < -0.3 is 4.57 Å². The van der Waals surface area contributed by atoms with Crippen LogP contribution in [0.3, 0.4) is 0 Å². The van der Waals surface area contributed by atoms with Gasteiger partial charge in [-0.15, -0.1) is 0 Å². The first kappa shape index (κ1) is 66.1. The molecule has 24 rings (SSSR count). The van der Waals surface area contributed by atoms with E-state index in [0.29, 0.717) is 11.8 Å². The van der Waals surface area contributed by atoms with Crippen LogP contribution in [0.15, 0.2) is 364 Å². The van der Waals surface area contributed by atoms with Gasteiger partial charge in [0.25, 0.3) is 0 Å². The molecule has 11 heteroatoms. The molecule has 0 aliphatic rings. The highest BCUT2D eigenvalue weighted by Gasteiger charge is 2.26. The quantitative estimate of drug-likeness (QED) is 0.129. The van der Waals surface area contributed by atoms with Crippen LogP contribution in [-0.2, 0) is 0 Å². The average molecular weight is 1500 g/mol. The zero-order chi connectivity index (χ0) is 77.3. The number of aryl methyl sites for hydroxylation is 3. The molecule has 117 heavy (non-hydrogen) atoms. The van der Waals surface area contributed by atoms with Gasteiger partial charge in [-0.1, -0.05) is 241 Å². The molecule has 0 N–H and O–H groups in total. The van der Waals surface area contributed by atoms with E-state index in [0.717, 1.165) is 194 Å². The molecule has 0 amide bonds. The second-order valence-electron chi connectivity index (χ2n) is 31.1. The van der Waals surface area contributed by atoms with Crippen molar-refractivity contribution in [3.63, 3.8) is 0 Å². The van der Waals surface area contributed by atoms with Gasteiger partial charge in [0.1, 0.15) is 23.3 Å². The fourth-order valence-corrected chi connectivity index (χ4v) is 18.8. The predicted octanol–water partition coefficient (Wildman–Crippen LogP) is 26.5. The summed E-state index contributed by atoms with van der Waals surface area (Å²) in [6.45, 7) is 6.41.